The Labute approximate surface area is 113 Å². The predicted octanol–water partition coefficient (Wildman–Crippen LogP) is 2.96. The quantitative estimate of drug-likeness (QED) is 0.858. The minimum absolute atomic E-state index is 0.366. The van der Waals surface area contributed by atoms with Gasteiger partial charge in [0, 0.05) is 23.6 Å². The number of rotatable bonds is 6. The maximum Gasteiger partial charge on any atom is 0.225 e. The molecule has 1 saturated carbocycles. The molecule has 5 heteroatoms. The largest absolute Gasteiger partial charge is 0.478 e. The van der Waals surface area contributed by atoms with E-state index in [9.17, 15) is 0 Å². The molecule has 1 heterocycles. The van der Waals surface area contributed by atoms with Gasteiger partial charge in [-0.15, -0.1) is 0 Å². The molecule has 1 aliphatic carbocycles. The zero-order chi connectivity index (χ0) is 12.8. The summed E-state index contributed by atoms with van der Waals surface area (Å²) in [6, 6.07) is 1.79. The summed E-state index contributed by atoms with van der Waals surface area (Å²) in [7, 11) is 0. The normalized spacial score (nSPS) is 17.7. The molecule has 1 fully saturated rings. The molecule has 1 N–H and O–H groups in total. The minimum Gasteiger partial charge on any atom is -0.478 e. The lowest BCUT2D eigenvalue weighted by Crippen LogP contribution is -2.30. The van der Waals surface area contributed by atoms with Crippen molar-refractivity contribution in [2.45, 2.75) is 37.4 Å². The molecule has 0 aliphatic heterocycles. The average molecular weight is 267 g/mol. The molecule has 4 nitrogen and oxygen atoms in total. The van der Waals surface area contributed by atoms with Crippen LogP contribution in [0.5, 0.6) is 5.88 Å². The van der Waals surface area contributed by atoms with Crippen LogP contribution in [0.1, 0.15) is 32.6 Å². The Kier molecular flexibility index (Phi) is 4.69. The van der Waals surface area contributed by atoms with Crippen LogP contribution in [0.4, 0.5) is 5.95 Å². The second kappa shape index (κ2) is 6.27. The van der Waals surface area contributed by atoms with Gasteiger partial charge in [0.15, 0.2) is 0 Å². The van der Waals surface area contributed by atoms with Gasteiger partial charge in [-0.1, -0.05) is 12.8 Å². The zero-order valence-electron chi connectivity index (χ0n) is 11.1. The third-order valence-corrected chi connectivity index (χ3v) is 4.86. The van der Waals surface area contributed by atoms with E-state index in [1.54, 1.807) is 12.3 Å². The van der Waals surface area contributed by atoms with Gasteiger partial charge < -0.3 is 10.1 Å². The SMILES string of the molecule is CCOc1ccnc(NCC2(SC)CCCC2)n1. The van der Waals surface area contributed by atoms with Crippen LogP contribution in [0.25, 0.3) is 0 Å². The van der Waals surface area contributed by atoms with Crippen molar-refractivity contribution in [3.8, 4) is 5.88 Å². The highest BCUT2D eigenvalue weighted by Crippen LogP contribution is 2.40. The van der Waals surface area contributed by atoms with E-state index in [-0.39, 0.29) is 0 Å². The molecule has 0 aromatic carbocycles. The Morgan fingerprint density at radius 1 is 1.44 bits per heavy atom. The highest BCUT2D eigenvalue weighted by Gasteiger charge is 2.32. The standard InChI is InChI=1S/C13H21N3OS/c1-3-17-11-6-9-14-12(16-11)15-10-13(18-2)7-4-5-8-13/h6,9H,3-5,7-8,10H2,1-2H3,(H,14,15,16). The first-order valence-corrected chi connectivity index (χ1v) is 7.75. The summed E-state index contributed by atoms with van der Waals surface area (Å²) >= 11 is 1.96. The summed E-state index contributed by atoms with van der Waals surface area (Å²) in [6.45, 7) is 3.52. The van der Waals surface area contributed by atoms with Crippen molar-refractivity contribution in [3.63, 3.8) is 0 Å². The molecule has 0 radical (unpaired) electrons. The number of hydrogen-bond acceptors (Lipinski definition) is 5. The van der Waals surface area contributed by atoms with Gasteiger partial charge in [0.1, 0.15) is 0 Å². The molecule has 0 unspecified atom stereocenters. The monoisotopic (exact) mass is 267 g/mol. The lowest BCUT2D eigenvalue weighted by Gasteiger charge is -2.26. The van der Waals surface area contributed by atoms with Gasteiger partial charge in [0.2, 0.25) is 11.8 Å². The zero-order valence-corrected chi connectivity index (χ0v) is 11.9. The van der Waals surface area contributed by atoms with E-state index in [2.05, 4.69) is 21.5 Å². The van der Waals surface area contributed by atoms with E-state index in [1.165, 1.54) is 25.7 Å². The van der Waals surface area contributed by atoms with Crippen molar-refractivity contribution in [2.24, 2.45) is 0 Å². The third kappa shape index (κ3) is 3.28. The van der Waals surface area contributed by atoms with Crippen LogP contribution in [-0.2, 0) is 0 Å². The van der Waals surface area contributed by atoms with Gasteiger partial charge in [-0.25, -0.2) is 4.98 Å². The molecule has 100 valence electrons. The molecular weight excluding hydrogens is 246 g/mol. The van der Waals surface area contributed by atoms with E-state index >= 15 is 0 Å². The predicted molar refractivity (Wildman–Crippen MR) is 76.4 cm³/mol. The van der Waals surface area contributed by atoms with Crippen molar-refractivity contribution >= 4 is 17.7 Å². The number of hydrogen-bond donors (Lipinski definition) is 1. The summed E-state index contributed by atoms with van der Waals surface area (Å²) < 4.78 is 5.74. The molecule has 18 heavy (non-hydrogen) atoms. The number of thioether (sulfide) groups is 1. The van der Waals surface area contributed by atoms with Crippen molar-refractivity contribution in [1.29, 1.82) is 0 Å². The highest BCUT2D eigenvalue weighted by molar-refractivity contribution is 8.00. The number of ether oxygens (including phenoxy) is 1. The molecule has 0 saturated heterocycles. The minimum atomic E-state index is 0.366. The van der Waals surface area contributed by atoms with Gasteiger partial charge in [-0.05, 0) is 26.0 Å². The summed E-state index contributed by atoms with van der Waals surface area (Å²) in [4.78, 5) is 8.57. The van der Waals surface area contributed by atoms with Gasteiger partial charge in [-0.2, -0.15) is 16.7 Å². The van der Waals surface area contributed by atoms with Gasteiger partial charge >= 0.3 is 0 Å². The molecule has 1 aromatic rings. The first-order chi connectivity index (χ1) is 8.78. The topological polar surface area (TPSA) is 47.0 Å². The number of nitrogens with zero attached hydrogens (tertiary/aromatic N) is 2. The summed E-state index contributed by atoms with van der Waals surface area (Å²) in [5, 5.41) is 3.35. The Balaban J connectivity index is 1.94. The molecule has 1 aliphatic rings. The fourth-order valence-corrected chi connectivity index (χ4v) is 3.28. The first-order valence-electron chi connectivity index (χ1n) is 6.53. The first kappa shape index (κ1) is 13.5. The molecule has 0 amide bonds. The molecule has 1 aromatic heterocycles. The number of nitrogens with one attached hydrogen (secondary N) is 1. The van der Waals surface area contributed by atoms with Crippen LogP contribution >= 0.6 is 11.8 Å². The summed E-state index contributed by atoms with van der Waals surface area (Å²) in [6.07, 6.45) is 9.18. The van der Waals surface area contributed by atoms with E-state index < -0.39 is 0 Å². The Morgan fingerprint density at radius 2 is 2.22 bits per heavy atom. The van der Waals surface area contributed by atoms with E-state index in [0.29, 0.717) is 23.2 Å². The molecular formula is C13H21N3OS. The van der Waals surface area contributed by atoms with Crippen LogP contribution in [0, 0.1) is 0 Å². The maximum atomic E-state index is 5.37. The second-order valence-corrected chi connectivity index (χ2v) is 5.87. The van der Waals surface area contributed by atoms with Gasteiger partial charge in [-0.3, -0.25) is 0 Å². The highest BCUT2D eigenvalue weighted by atomic mass is 32.2. The lowest BCUT2D eigenvalue weighted by atomic mass is 10.1. The van der Waals surface area contributed by atoms with Crippen molar-refractivity contribution in [2.75, 3.05) is 24.7 Å². The Bertz CT molecular complexity index is 380. The van der Waals surface area contributed by atoms with Gasteiger partial charge in [0.25, 0.3) is 0 Å². The van der Waals surface area contributed by atoms with Crippen LogP contribution in [-0.4, -0.2) is 34.1 Å². The molecule has 2 rings (SSSR count). The number of anilines is 1. The van der Waals surface area contributed by atoms with Crippen molar-refractivity contribution in [3.05, 3.63) is 12.3 Å². The smallest absolute Gasteiger partial charge is 0.225 e. The van der Waals surface area contributed by atoms with E-state index in [4.69, 9.17) is 4.74 Å². The third-order valence-electron chi connectivity index (χ3n) is 3.44. The van der Waals surface area contributed by atoms with Crippen LogP contribution in [0.3, 0.4) is 0 Å². The Morgan fingerprint density at radius 3 is 2.89 bits per heavy atom. The van der Waals surface area contributed by atoms with E-state index in [0.717, 1.165) is 6.54 Å². The van der Waals surface area contributed by atoms with Crippen LogP contribution in [0.15, 0.2) is 12.3 Å². The van der Waals surface area contributed by atoms with Gasteiger partial charge in [0.05, 0.1) is 6.61 Å². The summed E-state index contributed by atoms with van der Waals surface area (Å²) in [5.41, 5.74) is 0. The molecule has 0 atom stereocenters. The molecule has 0 bridgehead atoms. The Hall–Kier alpha value is -0.970. The van der Waals surface area contributed by atoms with Crippen LogP contribution in [0.2, 0.25) is 0 Å². The van der Waals surface area contributed by atoms with Crippen molar-refractivity contribution < 1.29 is 4.74 Å². The second-order valence-electron chi connectivity index (χ2n) is 4.60. The molecule has 0 spiro atoms. The van der Waals surface area contributed by atoms with E-state index in [1.807, 2.05) is 18.7 Å². The fourth-order valence-electron chi connectivity index (χ4n) is 2.37. The van der Waals surface area contributed by atoms with Crippen molar-refractivity contribution in [1.82, 2.24) is 9.97 Å². The maximum absolute atomic E-state index is 5.37. The summed E-state index contributed by atoms with van der Waals surface area (Å²) in [5.74, 6) is 1.31. The average Bonchev–Trinajstić information content (AvgIpc) is 2.87. The number of aromatic nitrogens is 2. The van der Waals surface area contributed by atoms with Crippen LogP contribution < -0.4 is 10.1 Å². The fraction of sp³-hybridized carbons (Fsp3) is 0.692. The lowest BCUT2D eigenvalue weighted by molar-refractivity contribution is 0.326.